The molecule has 1 aliphatic rings. The molecule has 1 N–H and O–H groups in total. The lowest BCUT2D eigenvalue weighted by Gasteiger charge is -2.27. The molecule has 0 bridgehead atoms. The molecule has 5 heteroatoms. The number of nitrogens with one attached hydrogen (secondary N) is 1. The van der Waals surface area contributed by atoms with Gasteiger partial charge in [-0.25, -0.2) is 9.78 Å². The first-order valence-corrected chi connectivity index (χ1v) is 4.14. The summed E-state index contributed by atoms with van der Waals surface area (Å²) >= 11 is 0. The van der Waals surface area contributed by atoms with Crippen LogP contribution in [0.25, 0.3) is 0 Å². The molecule has 0 atom stereocenters. The predicted molar refractivity (Wildman–Crippen MR) is 45.5 cm³/mol. The normalized spacial score (nSPS) is 16.7. The van der Waals surface area contributed by atoms with Gasteiger partial charge >= 0.3 is 5.97 Å². The summed E-state index contributed by atoms with van der Waals surface area (Å²) in [6.07, 6.45) is 3.38. The van der Waals surface area contributed by atoms with Crippen molar-refractivity contribution < 1.29 is 9.53 Å². The molecule has 1 aromatic heterocycles. The molecule has 2 rings (SSSR count). The monoisotopic (exact) mass is 181 g/mol. The zero-order valence-electron chi connectivity index (χ0n) is 7.36. The molecule has 5 nitrogen and oxygen atoms in total. The first kappa shape index (κ1) is 8.25. The molecular formula is C8H11N3O2. The minimum atomic E-state index is -0.383. The summed E-state index contributed by atoms with van der Waals surface area (Å²) in [7, 11) is 1.35. The van der Waals surface area contributed by atoms with Crippen LogP contribution in [-0.4, -0.2) is 35.7 Å². The average Bonchev–Trinajstić information content (AvgIpc) is 2.49. The standard InChI is InChI=1S/C8H11N3O2/c1-13-8(12)7-4-11(5-10-7)6-2-9-3-6/h4-6,9H,2-3H2,1H3. The highest BCUT2D eigenvalue weighted by molar-refractivity contribution is 5.86. The molecule has 0 radical (unpaired) electrons. The van der Waals surface area contributed by atoms with Crippen LogP contribution in [0.4, 0.5) is 0 Å². The molecule has 0 aromatic carbocycles. The first-order valence-electron chi connectivity index (χ1n) is 4.14. The van der Waals surface area contributed by atoms with Crippen LogP contribution in [0.3, 0.4) is 0 Å². The summed E-state index contributed by atoms with van der Waals surface area (Å²) in [6.45, 7) is 1.88. The molecule has 2 heterocycles. The van der Waals surface area contributed by atoms with Gasteiger partial charge in [0.05, 0.1) is 19.5 Å². The fraction of sp³-hybridized carbons (Fsp3) is 0.500. The van der Waals surface area contributed by atoms with E-state index in [0.29, 0.717) is 11.7 Å². The molecular weight excluding hydrogens is 170 g/mol. The highest BCUT2D eigenvalue weighted by Gasteiger charge is 2.20. The summed E-state index contributed by atoms with van der Waals surface area (Å²) in [5, 5.41) is 3.15. The van der Waals surface area contributed by atoms with Crippen molar-refractivity contribution in [1.29, 1.82) is 0 Å². The smallest absolute Gasteiger partial charge is 0.358 e. The van der Waals surface area contributed by atoms with Gasteiger partial charge in [0, 0.05) is 19.3 Å². The van der Waals surface area contributed by atoms with Gasteiger partial charge < -0.3 is 14.6 Å². The van der Waals surface area contributed by atoms with Crippen molar-refractivity contribution in [2.24, 2.45) is 0 Å². The summed E-state index contributed by atoms with van der Waals surface area (Å²) in [4.78, 5) is 15.0. The van der Waals surface area contributed by atoms with Crippen molar-refractivity contribution in [3.8, 4) is 0 Å². The molecule has 1 saturated heterocycles. The maximum Gasteiger partial charge on any atom is 0.358 e. The van der Waals surface area contributed by atoms with Crippen LogP contribution in [-0.2, 0) is 4.74 Å². The van der Waals surface area contributed by atoms with Gasteiger partial charge in [0.15, 0.2) is 5.69 Å². The zero-order chi connectivity index (χ0) is 9.26. The van der Waals surface area contributed by atoms with Gasteiger partial charge in [-0.05, 0) is 0 Å². The second-order valence-corrected chi connectivity index (χ2v) is 3.01. The highest BCUT2D eigenvalue weighted by Crippen LogP contribution is 2.11. The second kappa shape index (κ2) is 3.18. The van der Waals surface area contributed by atoms with Gasteiger partial charge in [0.2, 0.25) is 0 Å². The number of nitrogens with zero attached hydrogens (tertiary/aromatic N) is 2. The maximum atomic E-state index is 11.0. The number of imidazole rings is 1. The molecule has 1 aromatic rings. The van der Waals surface area contributed by atoms with Crippen molar-refractivity contribution in [1.82, 2.24) is 14.9 Å². The van der Waals surface area contributed by atoms with Crippen LogP contribution in [0, 0.1) is 0 Å². The van der Waals surface area contributed by atoms with Crippen LogP contribution >= 0.6 is 0 Å². The quantitative estimate of drug-likeness (QED) is 0.643. The Balaban J connectivity index is 2.12. The molecule has 1 aliphatic heterocycles. The van der Waals surface area contributed by atoms with Crippen molar-refractivity contribution >= 4 is 5.97 Å². The van der Waals surface area contributed by atoms with Gasteiger partial charge in [-0.15, -0.1) is 0 Å². The number of esters is 1. The van der Waals surface area contributed by atoms with E-state index in [9.17, 15) is 4.79 Å². The number of ether oxygens (including phenoxy) is 1. The van der Waals surface area contributed by atoms with E-state index in [1.54, 1.807) is 12.5 Å². The maximum absolute atomic E-state index is 11.0. The Bertz CT molecular complexity index is 317. The first-order chi connectivity index (χ1) is 6.31. The van der Waals surface area contributed by atoms with Gasteiger partial charge in [-0.1, -0.05) is 0 Å². The summed E-state index contributed by atoms with van der Waals surface area (Å²) < 4.78 is 6.48. The molecule has 0 spiro atoms. The van der Waals surface area contributed by atoms with E-state index in [-0.39, 0.29) is 5.97 Å². The van der Waals surface area contributed by atoms with E-state index >= 15 is 0 Å². The highest BCUT2D eigenvalue weighted by atomic mass is 16.5. The summed E-state index contributed by atoms with van der Waals surface area (Å²) in [5.74, 6) is -0.383. The van der Waals surface area contributed by atoms with E-state index < -0.39 is 0 Å². The third-order valence-electron chi connectivity index (χ3n) is 2.18. The molecule has 13 heavy (non-hydrogen) atoms. The largest absolute Gasteiger partial charge is 0.464 e. The second-order valence-electron chi connectivity index (χ2n) is 3.01. The predicted octanol–water partition coefficient (Wildman–Crippen LogP) is -0.186. The third kappa shape index (κ3) is 1.42. The number of aromatic nitrogens is 2. The van der Waals surface area contributed by atoms with Crippen molar-refractivity contribution in [2.45, 2.75) is 6.04 Å². The number of hydrogen-bond acceptors (Lipinski definition) is 4. The molecule has 0 amide bonds. The summed E-state index contributed by atoms with van der Waals surface area (Å²) in [5.41, 5.74) is 0.370. The van der Waals surface area contributed by atoms with Crippen molar-refractivity contribution in [3.05, 3.63) is 18.2 Å². The van der Waals surface area contributed by atoms with Crippen LogP contribution < -0.4 is 5.32 Å². The Morgan fingerprint density at radius 2 is 2.54 bits per heavy atom. The van der Waals surface area contributed by atoms with E-state index in [2.05, 4.69) is 15.0 Å². The summed E-state index contributed by atoms with van der Waals surface area (Å²) in [6, 6.07) is 0.436. The Morgan fingerprint density at radius 3 is 3.08 bits per heavy atom. The Hall–Kier alpha value is -1.36. The van der Waals surface area contributed by atoms with Gasteiger partial charge in [-0.3, -0.25) is 0 Å². The molecule has 70 valence electrons. The molecule has 1 fully saturated rings. The van der Waals surface area contributed by atoms with Crippen LogP contribution in [0.2, 0.25) is 0 Å². The lowest BCUT2D eigenvalue weighted by molar-refractivity contribution is 0.0594. The molecule has 0 aliphatic carbocycles. The van der Waals surface area contributed by atoms with Crippen molar-refractivity contribution in [3.63, 3.8) is 0 Å². The zero-order valence-corrected chi connectivity index (χ0v) is 7.36. The Kier molecular flexibility index (Phi) is 2.02. The van der Waals surface area contributed by atoms with Gasteiger partial charge in [0.1, 0.15) is 0 Å². The van der Waals surface area contributed by atoms with Crippen molar-refractivity contribution in [2.75, 3.05) is 20.2 Å². The number of carbonyl (C=O) groups excluding carboxylic acids is 1. The number of carbonyl (C=O) groups is 1. The Labute approximate surface area is 75.7 Å². The minimum absolute atomic E-state index is 0.370. The molecule has 0 saturated carbocycles. The number of methoxy groups -OCH3 is 1. The fourth-order valence-electron chi connectivity index (χ4n) is 1.23. The van der Waals surface area contributed by atoms with Crippen LogP contribution in [0.1, 0.15) is 16.5 Å². The van der Waals surface area contributed by atoms with E-state index in [1.165, 1.54) is 7.11 Å². The lowest BCUT2D eigenvalue weighted by atomic mass is 10.2. The SMILES string of the molecule is COC(=O)c1cn(C2CNC2)cn1. The van der Waals surface area contributed by atoms with Crippen LogP contribution in [0.15, 0.2) is 12.5 Å². The minimum Gasteiger partial charge on any atom is -0.464 e. The van der Waals surface area contributed by atoms with E-state index in [0.717, 1.165) is 13.1 Å². The topological polar surface area (TPSA) is 56.1 Å². The number of rotatable bonds is 2. The lowest BCUT2D eigenvalue weighted by Crippen LogP contribution is -2.42. The fourth-order valence-corrected chi connectivity index (χ4v) is 1.23. The Morgan fingerprint density at radius 1 is 1.77 bits per heavy atom. The average molecular weight is 181 g/mol. The van der Waals surface area contributed by atoms with Crippen LogP contribution in [0.5, 0.6) is 0 Å². The molecule has 0 unspecified atom stereocenters. The van der Waals surface area contributed by atoms with E-state index in [1.807, 2.05) is 4.57 Å². The third-order valence-corrected chi connectivity index (χ3v) is 2.18. The van der Waals surface area contributed by atoms with Gasteiger partial charge in [0.25, 0.3) is 0 Å². The van der Waals surface area contributed by atoms with Gasteiger partial charge in [-0.2, -0.15) is 0 Å². The van der Waals surface area contributed by atoms with E-state index in [4.69, 9.17) is 0 Å². The number of hydrogen-bond donors (Lipinski definition) is 1.